The van der Waals surface area contributed by atoms with Gasteiger partial charge in [0.05, 0.1) is 0 Å². The van der Waals surface area contributed by atoms with Crippen LogP contribution in [0.2, 0.25) is 0 Å². The number of fused-ring (bicyclic) bond motifs is 3. The van der Waals surface area contributed by atoms with Gasteiger partial charge in [-0.2, -0.15) is 0 Å². The monoisotopic (exact) mass is 452 g/mol. The largest absolute Gasteiger partial charge is 0.357 e. The molecule has 1 aliphatic heterocycles. The number of allylic oxidation sites excluding steroid dienone is 1. The Hall–Kier alpha value is -2.08. The fourth-order valence-corrected chi connectivity index (χ4v) is 4.95. The number of rotatable bonds is 7. The van der Waals surface area contributed by atoms with E-state index >= 15 is 0 Å². The number of nitrogens with zero attached hydrogens (tertiary/aromatic N) is 2. The summed E-state index contributed by atoms with van der Waals surface area (Å²) in [5, 5.41) is 5.07. The van der Waals surface area contributed by atoms with Gasteiger partial charge < -0.3 is 15.2 Å². The van der Waals surface area contributed by atoms with Crippen LogP contribution >= 0.6 is 15.9 Å². The predicted octanol–water partition coefficient (Wildman–Crippen LogP) is 4.74. The number of alkyl halides is 1. The summed E-state index contributed by atoms with van der Waals surface area (Å²) < 4.78 is -0.451. The lowest BCUT2D eigenvalue weighted by Gasteiger charge is -2.42. The zero-order valence-electron chi connectivity index (χ0n) is 17.4. The second-order valence-electron chi connectivity index (χ2n) is 8.12. The number of halogens is 1. The molecule has 0 aliphatic carbocycles. The summed E-state index contributed by atoms with van der Waals surface area (Å²) in [6.45, 7) is 2.05. The van der Waals surface area contributed by atoms with E-state index in [2.05, 4.69) is 118 Å². The lowest BCUT2D eigenvalue weighted by molar-refractivity contribution is 0.181. The smallest absolute Gasteiger partial charge is 0.177 e. The lowest BCUT2D eigenvalue weighted by Crippen LogP contribution is -2.52. The molecule has 1 aromatic heterocycles. The number of benzene rings is 2. The second-order valence-corrected chi connectivity index (χ2v) is 9.26. The van der Waals surface area contributed by atoms with Crippen LogP contribution < -0.4 is 5.32 Å². The van der Waals surface area contributed by atoms with Crippen molar-refractivity contribution in [3.63, 3.8) is 0 Å². The first kappa shape index (κ1) is 20.2. The number of nitrogens with one attached hydrogen (secondary N) is 2. The van der Waals surface area contributed by atoms with Crippen molar-refractivity contribution in [2.75, 3.05) is 34.2 Å². The van der Waals surface area contributed by atoms with E-state index in [0.717, 1.165) is 25.9 Å². The van der Waals surface area contributed by atoms with Crippen molar-refractivity contribution in [3.8, 4) is 0 Å². The van der Waals surface area contributed by atoms with Crippen LogP contribution in [0.1, 0.15) is 23.2 Å². The Balaban J connectivity index is 1.72. The van der Waals surface area contributed by atoms with Crippen molar-refractivity contribution in [2.45, 2.75) is 17.4 Å². The van der Waals surface area contributed by atoms with Crippen molar-refractivity contribution in [1.29, 1.82) is 0 Å². The zero-order valence-corrected chi connectivity index (χ0v) is 19.0. The van der Waals surface area contributed by atoms with Gasteiger partial charge >= 0.3 is 0 Å². The van der Waals surface area contributed by atoms with Crippen molar-refractivity contribution in [2.24, 2.45) is 0 Å². The van der Waals surface area contributed by atoms with Crippen LogP contribution in [0.25, 0.3) is 17.0 Å². The molecule has 1 unspecified atom stereocenters. The minimum absolute atomic E-state index is 0.451. The van der Waals surface area contributed by atoms with Gasteiger partial charge in [-0.05, 0) is 67.7 Å². The van der Waals surface area contributed by atoms with Crippen LogP contribution in [0.4, 0.5) is 0 Å². The number of para-hydroxylation sites is 1. The molecule has 3 aromatic rings. The van der Waals surface area contributed by atoms with Gasteiger partial charge in [-0.1, -0.05) is 48.5 Å². The fourth-order valence-electron chi connectivity index (χ4n) is 4.09. The van der Waals surface area contributed by atoms with E-state index < -0.39 is 4.57 Å². The second kappa shape index (κ2) is 8.34. The molecule has 0 radical (unpaired) electrons. The maximum Gasteiger partial charge on any atom is 0.177 e. The van der Waals surface area contributed by atoms with Gasteiger partial charge in [0, 0.05) is 40.8 Å². The Morgan fingerprint density at radius 1 is 0.931 bits per heavy atom. The lowest BCUT2D eigenvalue weighted by atomic mass is 9.99. The third-order valence-electron chi connectivity index (χ3n) is 5.57. The molecule has 0 fully saturated rings. The number of hydrogen-bond acceptors (Lipinski definition) is 3. The van der Waals surface area contributed by atoms with Gasteiger partial charge in [0.2, 0.25) is 0 Å². The molecule has 0 bridgehead atoms. The molecular weight excluding hydrogens is 424 g/mol. The molecule has 2 aromatic carbocycles. The van der Waals surface area contributed by atoms with Crippen molar-refractivity contribution < 1.29 is 0 Å². The quantitative estimate of drug-likeness (QED) is 0.401. The van der Waals surface area contributed by atoms with E-state index in [-0.39, 0.29) is 0 Å². The van der Waals surface area contributed by atoms with E-state index in [0.29, 0.717) is 0 Å². The minimum Gasteiger partial charge on any atom is -0.357 e. The Morgan fingerprint density at radius 3 is 2.41 bits per heavy atom. The topological polar surface area (TPSA) is 34.3 Å². The number of H-pyrrole nitrogens is 1. The van der Waals surface area contributed by atoms with Gasteiger partial charge in [0.25, 0.3) is 0 Å². The van der Waals surface area contributed by atoms with Crippen LogP contribution in [-0.4, -0.2) is 49.0 Å². The van der Waals surface area contributed by atoms with E-state index in [4.69, 9.17) is 0 Å². The first-order valence-corrected chi connectivity index (χ1v) is 11.0. The molecule has 5 heteroatoms. The molecule has 4 nitrogen and oxygen atoms in total. The molecule has 0 spiro atoms. The summed E-state index contributed by atoms with van der Waals surface area (Å²) in [6, 6.07) is 19.2. The normalized spacial score (nSPS) is 18.8. The summed E-state index contributed by atoms with van der Waals surface area (Å²) in [5.41, 5.74) is 6.11. The number of aromatic nitrogens is 1. The van der Waals surface area contributed by atoms with Gasteiger partial charge in [-0.3, -0.25) is 4.90 Å². The standard InChI is InChI=1S/C24H29BrN4/c1-28(2)14-9-15-29(3)24(25)23-20-12-7-8-13-21(20)26-22(23)17-19(27-24)16-18-10-5-4-6-11-18/h4-8,10-13,17,26-27H,9,14-16H2,1-3H3. The zero-order chi connectivity index (χ0) is 20.4. The minimum atomic E-state index is -0.451. The van der Waals surface area contributed by atoms with E-state index in [9.17, 15) is 0 Å². The molecule has 152 valence electrons. The van der Waals surface area contributed by atoms with Crippen molar-refractivity contribution in [3.05, 3.63) is 77.1 Å². The van der Waals surface area contributed by atoms with Crippen LogP contribution in [0.3, 0.4) is 0 Å². The third kappa shape index (κ3) is 4.13. The summed E-state index contributed by atoms with van der Waals surface area (Å²) in [7, 11) is 6.44. The Kier molecular flexibility index (Phi) is 5.81. The Morgan fingerprint density at radius 2 is 1.66 bits per heavy atom. The summed E-state index contributed by atoms with van der Waals surface area (Å²) in [6.07, 6.45) is 4.23. The number of hydrogen-bond donors (Lipinski definition) is 2. The third-order valence-corrected chi connectivity index (χ3v) is 6.77. The van der Waals surface area contributed by atoms with Crippen LogP contribution in [0.5, 0.6) is 0 Å². The van der Waals surface area contributed by atoms with Gasteiger partial charge in [0.1, 0.15) is 0 Å². The SMILES string of the molecule is CN(C)CCCN(C)C1(Br)NC(Cc2ccccc2)=Cc2[nH]c3ccccc3c21. The van der Waals surface area contributed by atoms with Crippen LogP contribution in [0, 0.1) is 0 Å². The average molecular weight is 453 g/mol. The molecule has 1 aliphatic rings. The molecule has 0 saturated heterocycles. The highest BCUT2D eigenvalue weighted by molar-refractivity contribution is 9.09. The average Bonchev–Trinajstić information content (AvgIpc) is 3.07. The first-order valence-electron chi connectivity index (χ1n) is 10.2. The predicted molar refractivity (Wildman–Crippen MR) is 126 cm³/mol. The summed E-state index contributed by atoms with van der Waals surface area (Å²) >= 11 is 4.12. The highest BCUT2D eigenvalue weighted by Crippen LogP contribution is 2.43. The highest BCUT2D eigenvalue weighted by Gasteiger charge is 2.40. The highest BCUT2D eigenvalue weighted by atomic mass is 79.9. The van der Waals surface area contributed by atoms with Crippen molar-refractivity contribution >= 4 is 32.9 Å². The van der Waals surface area contributed by atoms with Gasteiger partial charge in [-0.25, -0.2) is 0 Å². The molecule has 2 heterocycles. The maximum absolute atomic E-state index is 4.12. The molecule has 1 atom stereocenters. The van der Waals surface area contributed by atoms with E-state index in [1.807, 2.05) is 0 Å². The fraction of sp³-hybridized carbons (Fsp3) is 0.333. The molecule has 0 amide bonds. The summed E-state index contributed by atoms with van der Waals surface area (Å²) in [5.74, 6) is 0. The van der Waals surface area contributed by atoms with Gasteiger partial charge in [0.15, 0.2) is 4.57 Å². The van der Waals surface area contributed by atoms with Crippen LogP contribution in [0.15, 0.2) is 60.3 Å². The van der Waals surface area contributed by atoms with E-state index in [1.165, 1.54) is 33.4 Å². The molecule has 2 N–H and O–H groups in total. The maximum atomic E-state index is 4.12. The van der Waals surface area contributed by atoms with Crippen molar-refractivity contribution in [1.82, 2.24) is 20.1 Å². The molecule has 0 saturated carbocycles. The number of aromatic amines is 1. The molecule has 29 heavy (non-hydrogen) atoms. The summed E-state index contributed by atoms with van der Waals surface area (Å²) in [4.78, 5) is 8.25. The van der Waals surface area contributed by atoms with Crippen LogP contribution in [-0.2, 0) is 11.0 Å². The van der Waals surface area contributed by atoms with E-state index in [1.54, 1.807) is 0 Å². The Labute approximate surface area is 181 Å². The Bertz CT molecular complexity index is 1010. The first-order chi connectivity index (χ1) is 14.0. The molecule has 4 rings (SSSR count). The van der Waals surface area contributed by atoms with Gasteiger partial charge in [-0.15, -0.1) is 0 Å². The molecular formula is C24H29BrN4.